The van der Waals surface area contributed by atoms with Crippen molar-refractivity contribution in [3.63, 3.8) is 0 Å². The van der Waals surface area contributed by atoms with E-state index in [4.69, 9.17) is 32.7 Å². The molecule has 0 fully saturated rings. The average molecular weight is 438 g/mol. The van der Waals surface area contributed by atoms with Crippen LogP contribution >= 0.6 is 23.2 Å². The van der Waals surface area contributed by atoms with Gasteiger partial charge in [-0.25, -0.2) is 4.68 Å². The number of nitrogens with zero attached hydrogens (tertiary/aromatic N) is 2. The lowest BCUT2D eigenvalue weighted by Crippen LogP contribution is -2.20. The van der Waals surface area contributed by atoms with Crippen molar-refractivity contribution in [2.75, 3.05) is 5.32 Å². The van der Waals surface area contributed by atoms with Crippen LogP contribution in [0.2, 0.25) is 10.0 Å². The van der Waals surface area contributed by atoms with Crippen LogP contribution in [0.3, 0.4) is 0 Å². The maximum Gasteiger partial charge on any atom is 0.169 e. The summed E-state index contributed by atoms with van der Waals surface area (Å²) in [4.78, 5) is 13.2. The topological polar surface area (TPSA) is 60.1 Å². The third-order valence-corrected chi connectivity index (χ3v) is 5.64. The van der Waals surface area contributed by atoms with Gasteiger partial charge in [0.15, 0.2) is 11.6 Å². The molecule has 0 saturated heterocycles. The molecule has 0 aliphatic heterocycles. The van der Waals surface area contributed by atoms with Crippen LogP contribution in [-0.4, -0.2) is 15.6 Å². The van der Waals surface area contributed by atoms with Crippen molar-refractivity contribution in [2.24, 2.45) is 0 Å². The molecule has 1 N–H and O–H groups in total. The number of furan rings is 1. The Morgan fingerprint density at radius 1 is 1.00 bits per heavy atom. The number of aromatic nitrogens is 2. The maximum absolute atomic E-state index is 13.2. The third-order valence-electron chi connectivity index (χ3n) is 5.20. The summed E-state index contributed by atoms with van der Waals surface area (Å²) in [5.74, 6) is 1.31. The minimum atomic E-state index is -0.0207. The van der Waals surface area contributed by atoms with Crippen molar-refractivity contribution in [3.8, 4) is 5.69 Å². The lowest BCUT2D eigenvalue weighted by atomic mass is 9.85. The molecule has 5 nitrogen and oxygen atoms in total. The van der Waals surface area contributed by atoms with Crippen molar-refractivity contribution in [1.29, 1.82) is 0 Å². The van der Waals surface area contributed by atoms with Crippen molar-refractivity contribution < 1.29 is 9.21 Å². The first-order valence-corrected chi connectivity index (χ1v) is 10.3. The van der Waals surface area contributed by atoms with Gasteiger partial charge in [0.1, 0.15) is 5.76 Å². The molecule has 1 aliphatic rings. The number of para-hydroxylation sites is 1. The number of nitrogens with one attached hydrogen (secondary N) is 1. The van der Waals surface area contributed by atoms with Gasteiger partial charge in [-0.05, 0) is 42.5 Å². The fraction of sp³-hybridized carbons (Fsp3) is 0.130. The first-order chi connectivity index (χ1) is 14.6. The molecule has 7 heteroatoms. The summed E-state index contributed by atoms with van der Waals surface area (Å²) in [5, 5.41) is 9.00. The molecule has 1 unspecified atom stereocenters. The molecule has 1 atom stereocenters. The second kappa shape index (κ2) is 7.67. The zero-order valence-electron chi connectivity index (χ0n) is 15.8. The number of rotatable bonds is 4. The number of ketones is 1. The number of hydrogen-bond donors (Lipinski definition) is 1. The molecule has 150 valence electrons. The first kappa shape index (κ1) is 19.0. The normalized spacial score (nSPS) is 15.8. The largest absolute Gasteiger partial charge is 0.469 e. The lowest BCUT2D eigenvalue weighted by Gasteiger charge is -2.21. The molecule has 2 aromatic carbocycles. The zero-order valence-corrected chi connectivity index (χ0v) is 17.3. The van der Waals surface area contributed by atoms with Crippen LogP contribution in [0.1, 0.15) is 34.2 Å². The number of carbonyl (C=O) groups is 1. The molecule has 4 aromatic rings. The Balaban J connectivity index is 1.62. The summed E-state index contributed by atoms with van der Waals surface area (Å²) in [6, 6.07) is 18.7. The zero-order chi connectivity index (χ0) is 20.7. The van der Waals surface area contributed by atoms with E-state index >= 15 is 0 Å². The van der Waals surface area contributed by atoms with Crippen LogP contribution in [0, 0.1) is 0 Å². The monoisotopic (exact) mass is 437 g/mol. The molecular weight excluding hydrogens is 421 g/mol. The van der Waals surface area contributed by atoms with Crippen molar-refractivity contribution >= 4 is 40.5 Å². The first-order valence-electron chi connectivity index (χ1n) is 9.55. The van der Waals surface area contributed by atoms with E-state index in [1.807, 2.05) is 47.1 Å². The molecule has 0 spiro atoms. The summed E-state index contributed by atoms with van der Waals surface area (Å²) in [6.07, 6.45) is 2.65. The van der Waals surface area contributed by atoms with E-state index in [9.17, 15) is 4.79 Å². The molecule has 0 radical (unpaired) electrons. The van der Waals surface area contributed by atoms with E-state index in [0.29, 0.717) is 40.0 Å². The summed E-state index contributed by atoms with van der Waals surface area (Å²) in [5.41, 5.74) is 3.01. The van der Waals surface area contributed by atoms with Gasteiger partial charge in [0.05, 0.1) is 23.2 Å². The van der Waals surface area contributed by atoms with E-state index in [1.165, 1.54) is 0 Å². The molecule has 30 heavy (non-hydrogen) atoms. The van der Waals surface area contributed by atoms with Crippen LogP contribution in [-0.2, 0) is 6.42 Å². The van der Waals surface area contributed by atoms with Crippen LogP contribution in [0.5, 0.6) is 0 Å². The van der Waals surface area contributed by atoms with Crippen molar-refractivity contribution in [2.45, 2.75) is 18.8 Å². The van der Waals surface area contributed by atoms with E-state index in [-0.39, 0.29) is 11.7 Å². The van der Waals surface area contributed by atoms with Gasteiger partial charge in [-0.2, -0.15) is 0 Å². The SMILES string of the molecule is O=C1CC(c2ccco2)Cc2c1c(Nc1cc(Cl)cc(Cl)c1)nn2-c1ccccc1. The molecule has 0 amide bonds. The summed E-state index contributed by atoms with van der Waals surface area (Å²) >= 11 is 12.3. The minimum absolute atomic E-state index is 0.0207. The Morgan fingerprint density at radius 3 is 2.47 bits per heavy atom. The Hall–Kier alpha value is -3.02. The molecule has 1 aliphatic carbocycles. The average Bonchev–Trinajstić information content (AvgIpc) is 3.37. The molecule has 0 bridgehead atoms. The van der Waals surface area contributed by atoms with E-state index < -0.39 is 0 Å². The Labute approximate surface area is 183 Å². The number of carbonyl (C=O) groups excluding carboxylic acids is 1. The van der Waals surface area contributed by atoms with Gasteiger partial charge in [0.25, 0.3) is 0 Å². The number of benzene rings is 2. The Morgan fingerprint density at radius 2 is 1.77 bits per heavy atom. The van der Waals surface area contributed by atoms with Gasteiger partial charge in [0.2, 0.25) is 0 Å². The number of anilines is 2. The lowest BCUT2D eigenvalue weighted by molar-refractivity contribution is 0.0960. The fourth-order valence-electron chi connectivity index (χ4n) is 3.92. The van der Waals surface area contributed by atoms with Gasteiger partial charge in [-0.1, -0.05) is 41.4 Å². The van der Waals surface area contributed by atoms with Crippen LogP contribution < -0.4 is 5.32 Å². The number of hydrogen-bond acceptors (Lipinski definition) is 4. The van der Waals surface area contributed by atoms with Gasteiger partial charge < -0.3 is 9.73 Å². The van der Waals surface area contributed by atoms with E-state index in [0.717, 1.165) is 17.1 Å². The Kier molecular flexibility index (Phi) is 4.85. The van der Waals surface area contributed by atoms with Crippen molar-refractivity contribution in [3.05, 3.63) is 94.0 Å². The molecule has 2 aromatic heterocycles. The highest BCUT2D eigenvalue weighted by Crippen LogP contribution is 2.38. The van der Waals surface area contributed by atoms with Crippen molar-refractivity contribution in [1.82, 2.24) is 9.78 Å². The van der Waals surface area contributed by atoms with Gasteiger partial charge in [0, 0.05) is 34.5 Å². The summed E-state index contributed by atoms with van der Waals surface area (Å²) in [7, 11) is 0. The quantitative estimate of drug-likeness (QED) is 0.399. The van der Waals surface area contributed by atoms with Gasteiger partial charge >= 0.3 is 0 Å². The van der Waals surface area contributed by atoms with Crippen LogP contribution in [0.25, 0.3) is 5.69 Å². The van der Waals surface area contributed by atoms with Crippen LogP contribution in [0.4, 0.5) is 11.5 Å². The highest BCUT2D eigenvalue weighted by molar-refractivity contribution is 6.35. The smallest absolute Gasteiger partial charge is 0.169 e. The predicted molar refractivity (Wildman–Crippen MR) is 117 cm³/mol. The van der Waals surface area contributed by atoms with Crippen LogP contribution in [0.15, 0.2) is 71.3 Å². The van der Waals surface area contributed by atoms with E-state index in [1.54, 1.807) is 24.5 Å². The predicted octanol–water partition coefficient (Wildman–Crippen LogP) is 6.43. The molecule has 0 saturated carbocycles. The number of fused-ring (bicyclic) bond motifs is 1. The second-order valence-corrected chi connectivity index (χ2v) is 8.12. The second-order valence-electron chi connectivity index (χ2n) is 7.24. The highest BCUT2D eigenvalue weighted by atomic mass is 35.5. The third kappa shape index (κ3) is 3.51. The minimum Gasteiger partial charge on any atom is -0.469 e. The highest BCUT2D eigenvalue weighted by Gasteiger charge is 2.34. The maximum atomic E-state index is 13.2. The number of Topliss-reactive ketones (excluding diaryl/α,β-unsaturated/α-hetero) is 1. The fourth-order valence-corrected chi connectivity index (χ4v) is 4.45. The van der Waals surface area contributed by atoms with Gasteiger partial charge in [-0.15, -0.1) is 5.10 Å². The molecule has 5 rings (SSSR count). The molecular formula is C23H17Cl2N3O2. The summed E-state index contributed by atoms with van der Waals surface area (Å²) in [6.45, 7) is 0. The molecule has 2 heterocycles. The summed E-state index contributed by atoms with van der Waals surface area (Å²) < 4.78 is 7.41. The van der Waals surface area contributed by atoms with Gasteiger partial charge in [-0.3, -0.25) is 4.79 Å². The number of halogens is 2. The Bertz CT molecular complexity index is 1200. The standard InChI is InChI=1S/C23H17Cl2N3O2/c24-15-11-16(25)13-17(12-15)26-23-22-19(28(27-23)18-5-2-1-3-6-18)9-14(10-20(22)29)21-7-4-8-30-21/h1-8,11-14H,9-10H2,(H,26,27). The van der Waals surface area contributed by atoms with E-state index in [2.05, 4.69) is 5.32 Å².